The second kappa shape index (κ2) is 6.20. The topological polar surface area (TPSA) is 87.7 Å². The van der Waals surface area contributed by atoms with E-state index in [0.717, 1.165) is 6.07 Å². The molecule has 24 heavy (non-hydrogen) atoms. The molecule has 0 radical (unpaired) electrons. The van der Waals surface area contributed by atoms with Crippen LogP contribution in [0, 0.1) is 0 Å². The first kappa shape index (κ1) is 10.6. The average molecular weight is 329 g/mol. The van der Waals surface area contributed by atoms with Gasteiger partial charge in [-0.1, -0.05) is 30.2 Å². The predicted octanol–water partition coefficient (Wildman–Crippen LogP) is 3.32. The molecule has 5 nitrogen and oxygen atoms in total. The monoisotopic (exact) mass is 329 g/mol. The third-order valence-corrected chi connectivity index (χ3v) is 3.60. The first-order valence-electron chi connectivity index (χ1n) is 9.59. The van der Waals surface area contributed by atoms with Gasteiger partial charge in [0.05, 0.1) is 17.8 Å². The summed E-state index contributed by atoms with van der Waals surface area (Å²) in [6.45, 7) is 1.22. The van der Waals surface area contributed by atoms with Crippen molar-refractivity contribution in [3.8, 4) is 11.5 Å². The highest BCUT2D eigenvalue weighted by Gasteiger charge is 2.26. The van der Waals surface area contributed by atoms with E-state index < -0.39 is 65.3 Å². The molecule has 1 aromatic heterocycles. The summed E-state index contributed by atoms with van der Waals surface area (Å²) < 4.78 is 44.9. The second-order valence-electron chi connectivity index (χ2n) is 5.33. The number of hydrogen-bond donors (Lipinski definition) is 2. The number of rotatable bonds is 4. The molecule has 3 rings (SSSR count). The molecule has 122 valence electrons. The van der Waals surface area contributed by atoms with Crippen LogP contribution in [-0.4, -0.2) is 16.0 Å². The number of carbonyl (C=O) groups is 1. The van der Waals surface area contributed by atoms with Gasteiger partial charge in [-0.25, -0.2) is 4.79 Å². The molecule has 5 heteroatoms. The summed E-state index contributed by atoms with van der Waals surface area (Å²) >= 11 is 0. The van der Waals surface area contributed by atoms with Crippen LogP contribution in [0.15, 0.2) is 57.6 Å². The van der Waals surface area contributed by atoms with Gasteiger partial charge in [0.15, 0.2) is 0 Å². The minimum absolute atomic E-state index is 0.0134. The third-order valence-electron chi connectivity index (χ3n) is 3.60. The minimum Gasteiger partial charge on any atom is -0.508 e. The fourth-order valence-corrected chi connectivity index (χ4v) is 2.57. The van der Waals surface area contributed by atoms with Gasteiger partial charge in [-0.3, -0.25) is 4.79 Å². The Labute approximate surface area is 144 Å². The summed E-state index contributed by atoms with van der Waals surface area (Å²) in [5.41, 5.74) is -1.75. The van der Waals surface area contributed by atoms with E-state index in [1.165, 1.54) is 19.1 Å². The van der Waals surface area contributed by atoms with Gasteiger partial charge in [0.1, 0.15) is 22.9 Å². The number of carbonyl (C=O) groups excluding carboxylic acids is 1. The maximum Gasteiger partial charge on any atom is 0.343 e. The Kier molecular flexibility index (Phi) is 2.75. The Bertz CT molecular complexity index is 1190. The highest BCUT2D eigenvalue weighted by atomic mass is 16.4. The molecule has 0 aliphatic carbocycles. The molecule has 0 spiro atoms. The Hall–Kier alpha value is -3.08. The van der Waals surface area contributed by atoms with Crippen molar-refractivity contribution in [2.24, 2.45) is 0 Å². The molecule has 0 aliphatic heterocycles. The van der Waals surface area contributed by atoms with E-state index >= 15 is 0 Å². The molecule has 0 amide bonds. The number of phenols is 1. The fourth-order valence-electron chi connectivity index (χ4n) is 2.57. The highest BCUT2D eigenvalue weighted by Crippen LogP contribution is 2.37. The second-order valence-corrected chi connectivity index (χ2v) is 5.33. The van der Waals surface area contributed by atoms with E-state index in [0.29, 0.717) is 0 Å². The zero-order chi connectivity index (χ0) is 21.6. The smallest absolute Gasteiger partial charge is 0.343 e. The van der Waals surface area contributed by atoms with E-state index in [1.54, 1.807) is 0 Å². The average Bonchev–Trinajstić information content (AvgIpc) is 2.65. The molecule has 0 saturated carbocycles. The van der Waals surface area contributed by atoms with Gasteiger partial charge in [0, 0.05) is 12.3 Å². The molecular formula is C19H16O5. The van der Waals surface area contributed by atoms with Crippen molar-refractivity contribution in [1.29, 1.82) is 0 Å². The first-order chi connectivity index (χ1) is 13.5. The summed E-state index contributed by atoms with van der Waals surface area (Å²) in [5.74, 6) is -2.58. The van der Waals surface area contributed by atoms with Crippen molar-refractivity contribution >= 4 is 16.8 Å². The van der Waals surface area contributed by atoms with Crippen LogP contribution < -0.4 is 5.63 Å². The minimum atomic E-state index is -1.34. The highest BCUT2D eigenvalue weighted by molar-refractivity contribution is 5.86. The Morgan fingerprint density at radius 1 is 1.25 bits per heavy atom. The SMILES string of the molecule is [2H]c1c([2H])c([2H])c(C(CC(C)=O)c2c(O)c3cc(O)ccc3oc2=O)c([2H])c1[2H]. The molecule has 0 aliphatic rings. The third kappa shape index (κ3) is 2.88. The van der Waals surface area contributed by atoms with Crippen LogP contribution in [0.1, 0.15) is 37.2 Å². The predicted molar refractivity (Wildman–Crippen MR) is 89.4 cm³/mol. The Morgan fingerprint density at radius 3 is 2.62 bits per heavy atom. The van der Waals surface area contributed by atoms with E-state index in [1.807, 2.05) is 0 Å². The van der Waals surface area contributed by atoms with Gasteiger partial charge in [-0.05, 0) is 30.7 Å². The van der Waals surface area contributed by atoms with Gasteiger partial charge in [-0.2, -0.15) is 0 Å². The molecule has 0 fully saturated rings. The van der Waals surface area contributed by atoms with Crippen molar-refractivity contribution in [3.05, 3.63) is 70.0 Å². The van der Waals surface area contributed by atoms with Crippen LogP contribution in [0.25, 0.3) is 11.0 Å². The summed E-state index contributed by atoms with van der Waals surface area (Å²) in [4.78, 5) is 24.5. The fraction of sp³-hybridized carbons (Fsp3) is 0.158. The quantitative estimate of drug-likeness (QED) is 0.717. The molecule has 3 aromatic rings. The maximum absolute atomic E-state index is 12.6. The van der Waals surface area contributed by atoms with E-state index in [2.05, 4.69) is 0 Å². The number of ketones is 1. The molecule has 0 saturated heterocycles. The van der Waals surface area contributed by atoms with Gasteiger partial charge < -0.3 is 14.6 Å². The largest absolute Gasteiger partial charge is 0.508 e. The maximum atomic E-state index is 12.6. The Balaban J connectivity index is 2.42. The lowest BCUT2D eigenvalue weighted by Crippen LogP contribution is -2.16. The number of aromatic hydroxyl groups is 2. The lowest BCUT2D eigenvalue weighted by Gasteiger charge is -2.17. The summed E-state index contributed by atoms with van der Waals surface area (Å²) in [7, 11) is 0. The lowest BCUT2D eigenvalue weighted by molar-refractivity contribution is -0.117. The molecule has 0 bridgehead atoms. The van der Waals surface area contributed by atoms with E-state index in [-0.39, 0.29) is 22.3 Å². The molecule has 2 N–H and O–H groups in total. The van der Waals surface area contributed by atoms with E-state index in [4.69, 9.17) is 11.3 Å². The molecule has 1 atom stereocenters. The zero-order valence-electron chi connectivity index (χ0n) is 17.6. The van der Waals surface area contributed by atoms with Crippen molar-refractivity contribution in [2.45, 2.75) is 19.3 Å². The number of Topliss-reactive ketones (excluding diaryl/α,β-unsaturated/α-hetero) is 1. The number of phenolic OH excluding ortho intramolecular Hbond substituents is 1. The van der Waals surface area contributed by atoms with Gasteiger partial charge in [-0.15, -0.1) is 0 Å². The van der Waals surface area contributed by atoms with Crippen molar-refractivity contribution in [3.63, 3.8) is 0 Å². The van der Waals surface area contributed by atoms with Crippen molar-refractivity contribution in [2.75, 3.05) is 0 Å². The van der Waals surface area contributed by atoms with Crippen LogP contribution in [0.2, 0.25) is 0 Å². The molecule has 2 aromatic carbocycles. The summed E-state index contributed by atoms with van der Waals surface area (Å²) in [6, 6.07) is 0.643. The van der Waals surface area contributed by atoms with Crippen LogP contribution in [0.4, 0.5) is 0 Å². The lowest BCUT2D eigenvalue weighted by atomic mass is 9.87. The van der Waals surface area contributed by atoms with Crippen LogP contribution in [0.5, 0.6) is 11.5 Å². The molecular weight excluding hydrogens is 308 g/mol. The van der Waals surface area contributed by atoms with Gasteiger partial charge in [0.2, 0.25) is 0 Å². The zero-order valence-corrected chi connectivity index (χ0v) is 12.6. The van der Waals surface area contributed by atoms with Crippen LogP contribution >= 0.6 is 0 Å². The Morgan fingerprint density at radius 2 is 1.96 bits per heavy atom. The van der Waals surface area contributed by atoms with Crippen LogP contribution in [0.3, 0.4) is 0 Å². The van der Waals surface area contributed by atoms with Gasteiger partial charge >= 0.3 is 5.63 Å². The normalized spacial score (nSPS) is 15.1. The van der Waals surface area contributed by atoms with E-state index in [9.17, 15) is 19.8 Å². The first-order valence-corrected chi connectivity index (χ1v) is 7.09. The summed E-state index contributed by atoms with van der Waals surface area (Å²) in [5, 5.41) is 20.4. The van der Waals surface area contributed by atoms with Crippen LogP contribution in [-0.2, 0) is 4.79 Å². The van der Waals surface area contributed by atoms with Crippen molar-refractivity contribution < 1.29 is 26.3 Å². The van der Waals surface area contributed by atoms with Gasteiger partial charge in [0.25, 0.3) is 0 Å². The molecule has 1 heterocycles. The number of hydrogen-bond acceptors (Lipinski definition) is 5. The van der Waals surface area contributed by atoms with Crippen molar-refractivity contribution in [1.82, 2.24) is 0 Å². The number of fused-ring (bicyclic) bond motifs is 1. The molecule has 1 unspecified atom stereocenters. The standard InChI is InChI=1S/C19H16O5/c1-11(20)9-14(12-5-3-2-4-6-12)17-18(22)15-10-13(21)7-8-16(15)24-19(17)23/h2-8,10,14,21-22H,9H2,1H3/i2D,3D,4D,5D,6D. The number of benzene rings is 2. The summed E-state index contributed by atoms with van der Waals surface area (Å²) in [6.07, 6.45) is -0.406.